The molecule has 0 radical (unpaired) electrons. The molecule has 0 spiro atoms. The van der Waals surface area contributed by atoms with Crippen LogP contribution in [0.15, 0.2) is 144 Å². The summed E-state index contributed by atoms with van der Waals surface area (Å²) in [5.74, 6) is -1.98. The quantitative estimate of drug-likeness (QED) is 0.192. The number of aromatic nitrogens is 2. The van der Waals surface area contributed by atoms with Crippen LogP contribution in [0, 0.1) is 11.6 Å². The summed E-state index contributed by atoms with van der Waals surface area (Å²) >= 11 is 0. The smallest absolute Gasteiger partial charge is 0.264 e. The number of nitrogens with zero attached hydrogens (tertiary/aromatic N) is 2. The van der Waals surface area contributed by atoms with Gasteiger partial charge in [-0.3, -0.25) is 19.4 Å². The molecule has 2 N–H and O–H groups in total. The lowest BCUT2D eigenvalue weighted by Crippen LogP contribution is -2.15. The fourth-order valence-electron chi connectivity index (χ4n) is 4.85. The first-order chi connectivity index (χ1) is 22.1. The zero-order valence-corrected chi connectivity index (χ0v) is 25.4. The minimum atomic E-state index is -4.16. The molecule has 0 atom stereocenters. The maximum absolute atomic E-state index is 13.7. The van der Waals surface area contributed by atoms with Gasteiger partial charge in [0.1, 0.15) is 16.5 Å². The van der Waals surface area contributed by atoms with Crippen LogP contribution in [0.2, 0.25) is 0 Å². The molecule has 7 rings (SSSR count). The highest BCUT2D eigenvalue weighted by Gasteiger charge is 2.20. The molecule has 0 aliphatic heterocycles. The Morgan fingerprint density at radius 1 is 0.522 bits per heavy atom. The van der Waals surface area contributed by atoms with Crippen molar-refractivity contribution in [3.05, 3.63) is 146 Å². The molecule has 0 saturated heterocycles. The van der Waals surface area contributed by atoms with E-state index in [1.165, 1.54) is 6.20 Å². The average molecular weight is 655 g/mol. The summed E-state index contributed by atoms with van der Waals surface area (Å²) in [6, 6.07) is 29.0. The van der Waals surface area contributed by atoms with E-state index >= 15 is 0 Å². The van der Waals surface area contributed by atoms with E-state index in [9.17, 15) is 25.6 Å². The van der Waals surface area contributed by atoms with E-state index in [4.69, 9.17) is 0 Å². The van der Waals surface area contributed by atoms with Gasteiger partial charge in [-0.15, -0.1) is 0 Å². The third kappa shape index (κ3) is 6.48. The van der Waals surface area contributed by atoms with Gasteiger partial charge in [-0.25, -0.2) is 25.6 Å². The lowest BCUT2D eigenvalue weighted by Gasteiger charge is -2.11. The molecule has 0 saturated carbocycles. The number of hydrogen-bond acceptors (Lipinski definition) is 6. The molecule has 7 aromatic rings. The van der Waals surface area contributed by atoms with Gasteiger partial charge >= 0.3 is 0 Å². The van der Waals surface area contributed by atoms with Crippen LogP contribution in [0.4, 0.5) is 20.2 Å². The van der Waals surface area contributed by atoms with Crippen molar-refractivity contribution in [2.24, 2.45) is 0 Å². The van der Waals surface area contributed by atoms with Crippen LogP contribution in [0.5, 0.6) is 0 Å². The van der Waals surface area contributed by atoms with Crippen LogP contribution in [0.25, 0.3) is 32.3 Å². The van der Waals surface area contributed by atoms with Gasteiger partial charge in [0, 0.05) is 52.4 Å². The van der Waals surface area contributed by atoms with Crippen molar-refractivity contribution in [2.75, 3.05) is 9.44 Å². The van der Waals surface area contributed by atoms with E-state index < -0.39 is 36.6 Å². The van der Waals surface area contributed by atoms with Crippen molar-refractivity contribution in [1.29, 1.82) is 0 Å². The minimum absolute atomic E-state index is 0.243. The first-order valence-electron chi connectivity index (χ1n) is 13.8. The Bertz CT molecular complexity index is 2450. The van der Waals surface area contributed by atoms with Crippen molar-refractivity contribution in [1.82, 2.24) is 9.97 Å². The molecule has 8 nitrogen and oxygen atoms in total. The number of pyridine rings is 2. The summed E-state index contributed by atoms with van der Waals surface area (Å²) in [6.45, 7) is 0. The van der Waals surface area contributed by atoms with Crippen LogP contribution in [0.3, 0.4) is 0 Å². The summed E-state index contributed by atoms with van der Waals surface area (Å²) in [7, 11) is -7.83. The van der Waals surface area contributed by atoms with Crippen molar-refractivity contribution in [2.45, 2.75) is 9.79 Å². The number of sulfonamides is 2. The second-order valence-corrected chi connectivity index (χ2v) is 13.4. The van der Waals surface area contributed by atoms with E-state index in [0.717, 1.165) is 39.1 Å². The van der Waals surface area contributed by atoms with Crippen LogP contribution >= 0.6 is 0 Å². The van der Waals surface area contributed by atoms with Crippen LogP contribution in [0.1, 0.15) is 0 Å². The summed E-state index contributed by atoms with van der Waals surface area (Å²) < 4.78 is 81.7. The van der Waals surface area contributed by atoms with E-state index in [1.807, 2.05) is 42.5 Å². The molecule has 2 aromatic heterocycles. The van der Waals surface area contributed by atoms with E-state index in [2.05, 4.69) is 19.4 Å². The Kier molecular flexibility index (Phi) is 8.31. The van der Waals surface area contributed by atoms with Gasteiger partial charge in [-0.1, -0.05) is 54.6 Å². The summed E-state index contributed by atoms with van der Waals surface area (Å²) in [4.78, 5) is 7.65. The monoisotopic (exact) mass is 654 g/mol. The van der Waals surface area contributed by atoms with Crippen molar-refractivity contribution in [3.63, 3.8) is 0 Å². The van der Waals surface area contributed by atoms with E-state index in [1.54, 1.807) is 67.1 Å². The standard InChI is InChI=1S/C19H14N2O2S.C15H10F2N2O2S/c22-24(23,17-9-8-14-4-1-2-5-15(14)12-17)21-19-7-3-6-16-13-20-11-10-18(16)19;16-11-4-5-15(13(17)8-11)22(20,21)19-14-3-1-2-10-9-18-7-6-12(10)14/h1-13,21H;1-9,19H. The second kappa shape index (κ2) is 12.5. The zero-order chi connectivity index (χ0) is 32.3. The Morgan fingerprint density at radius 3 is 1.70 bits per heavy atom. The molecular formula is C34H24F2N4O4S2. The highest BCUT2D eigenvalue weighted by atomic mass is 32.2. The zero-order valence-electron chi connectivity index (χ0n) is 23.8. The SMILES string of the molecule is O=S(=O)(Nc1cccc2cnccc12)c1ccc(F)cc1F.O=S(=O)(Nc1cccc2cnccc12)c1ccc2ccccc2c1. The van der Waals surface area contributed by atoms with Gasteiger partial charge in [0.15, 0.2) is 0 Å². The van der Waals surface area contributed by atoms with Gasteiger partial charge in [0.2, 0.25) is 0 Å². The van der Waals surface area contributed by atoms with Crippen molar-refractivity contribution < 1.29 is 25.6 Å². The molecular weight excluding hydrogens is 631 g/mol. The average Bonchev–Trinajstić information content (AvgIpc) is 3.05. The lowest BCUT2D eigenvalue weighted by atomic mass is 10.1. The molecule has 0 amide bonds. The topological polar surface area (TPSA) is 118 Å². The maximum atomic E-state index is 13.7. The van der Waals surface area contributed by atoms with Crippen LogP contribution in [-0.4, -0.2) is 26.8 Å². The minimum Gasteiger partial charge on any atom is -0.279 e. The molecule has 230 valence electrons. The molecule has 0 unspecified atom stereocenters. The highest BCUT2D eigenvalue weighted by molar-refractivity contribution is 7.93. The largest absolute Gasteiger partial charge is 0.279 e. The predicted molar refractivity (Wildman–Crippen MR) is 175 cm³/mol. The highest BCUT2D eigenvalue weighted by Crippen LogP contribution is 2.28. The van der Waals surface area contributed by atoms with E-state index in [-0.39, 0.29) is 4.90 Å². The molecule has 0 fully saturated rings. The third-order valence-electron chi connectivity index (χ3n) is 7.06. The number of fused-ring (bicyclic) bond motifs is 3. The Labute approximate surface area is 263 Å². The van der Waals surface area contributed by atoms with Crippen molar-refractivity contribution in [3.8, 4) is 0 Å². The Balaban J connectivity index is 0.000000162. The molecule has 0 aliphatic carbocycles. The number of anilines is 2. The Morgan fingerprint density at radius 2 is 1.09 bits per heavy atom. The summed E-state index contributed by atoms with van der Waals surface area (Å²) in [5.41, 5.74) is 0.840. The van der Waals surface area contributed by atoms with Crippen LogP contribution < -0.4 is 9.44 Å². The maximum Gasteiger partial charge on any atom is 0.264 e. The molecule has 0 aliphatic rings. The number of hydrogen-bond donors (Lipinski definition) is 2. The van der Waals surface area contributed by atoms with Gasteiger partial charge < -0.3 is 0 Å². The van der Waals surface area contributed by atoms with Gasteiger partial charge in [-0.05, 0) is 59.3 Å². The first-order valence-corrected chi connectivity index (χ1v) is 16.7. The summed E-state index contributed by atoms with van der Waals surface area (Å²) in [5, 5.41) is 4.97. The van der Waals surface area contributed by atoms with Gasteiger partial charge in [0.25, 0.3) is 20.0 Å². The fourth-order valence-corrected chi connectivity index (χ4v) is 7.11. The molecule has 2 heterocycles. The van der Waals surface area contributed by atoms with Crippen LogP contribution in [-0.2, 0) is 20.0 Å². The number of benzene rings is 5. The molecule has 5 aromatic carbocycles. The summed E-state index contributed by atoms with van der Waals surface area (Å²) in [6.07, 6.45) is 6.48. The second-order valence-electron chi connectivity index (χ2n) is 10.1. The number of halogens is 2. The van der Waals surface area contributed by atoms with Gasteiger partial charge in [-0.2, -0.15) is 0 Å². The first kappa shape index (κ1) is 30.6. The van der Waals surface area contributed by atoms with Gasteiger partial charge in [0.05, 0.1) is 16.3 Å². The normalized spacial score (nSPS) is 11.6. The predicted octanol–water partition coefficient (Wildman–Crippen LogP) is 7.50. The fraction of sp³-hybridized carbons (Fsp3) is 0. The number of nitrogens with one attached hydrogen (secondary N) is 2. The third-order valence-corrected chi connectivity index (χ3v) is 9.83. The van der Waals surface area contributed by atoms with E-state index in [0.29, 0.717) is 22.8 Å². The molecule has 46 heavy (non-hydrogen) atoms. The molecule has 12 heteroatoms. The van der Waals surface area contributed by atoms with Crippen molar-refractivity contribution >= 4 is 63.7 Å². The lowest BCUT2D eigenvalue weighted by molar-refractivity contribution is 0.551. The number of rotatable bonds is 6. The Hall–Kier alpha value is -5.46. The molecule has 0 bridgehead atoms.